The summed E-state index contributed by atoms with van der Waals surface area (Å²) in [6.07, 6.45) is 0. The van der Waals surface area contributed by atoms with Crippen LogP contribution in [0, 0.1) is 41.5 Å². The van der Waals surface area contributed by atoms with Gasteiger partial charge in [-0.2, -0.15) is 45.5 Å². The smallest absolute Gasteiger partial charge is 1.00 e. The molecule has 0 aromatic heterocycles. The summed E-state index contributed by atoms with van der Waals surface area (Å²) < 4.78 is 0. The quantitative estimate of drug-likeness (QED) is 0.335. The van der Waals surface area contributed by atoms with Gasteiger partial charge in [-0.05, 0) is 0 Å². The van der Waals surface area contributed by atoms with E-state index in [9.17, 15) is 0 Å². The zero-order valence-electron chi connectivity index (χ0n) is 12.6. The van der Waals surface area contributed by atoms with Crippen LogP contribution in [0.1, 0.15) is 33.4 Å². The average Bonchev–Trinajstić information content (AvgIpc) is 2.70. The Morgan fingerprint density at radius 3 is 1.00 bits per heavy atom. The third-order valence-electron chi connectivity index (χ3n) is 3.53. The summed E-state index contributed by atoms with van der Waals surface area (Å²) in [4.78, 5) is 0. The maximum atomic E-state index is 2.16. The van der Waals surface area contributed by atoms with Crippen LogP contribution < -0.4 is 24.8 Å². The summed E-state index contributed by atoms with van der Waals surface area (Å²) in [5.41, 5.74) is 8.49. The molecule has 0 fully saturated rings. The first-order valence-corrected chi connectivity index (χ1v) is 5.82. The van der Waals surface area contributed by atoms with Gasteiger partial charge in [0.25, 0.3) is 0 Å². The van der Waals surface area contributed by atoms with Crippen molar-refractivity contribution in [3.05, 3.63) is 57.6 Å². The Labute approximate surface area is 149 Å². The zero-order valence-corrected chi connectivity index (χ0v) is 17.7. The molecule has 0 aliphatic carbocycles. The van der Waals surface area contributed by atoms with Gasteiger partial charge in [-0.15, -0.1) is 0 Å². The van der Waals surface area contributed by atoms with Crippen LogP contribution in [0.3, 0.4) is 0 Å². The second-order valence-corrected chi connectivity index (χ2v) is 4.65. The summed E-state index contributed by atoms with van der Waals surface area (Å²) in [6.45, 7) is 12.9. The van der Waals surface area contributed by atoms with E-state index in [1.54, 1.807) is 0 Å². The van der Waals surface area contributed by atoms with Crippen LogP contribution in [-0.4, -0.2) is 0 Å². The number of rotatable bonds is 0. The van der Waals surface area contributed by atoms with Gasteiger partial charge >= 0.3 is 25.8 Å². The molecule has 2 aromatic rings. The molecule has 0 bridgehead atoms. The Balaban J connectivity index is -0.000000233. The van der Waals surface area contributed by atoms with E-state index in [0.29, 0.717) is 0 Å². The summed E-state index contributed by atoms with van der Waals surface area (Å²) >= 11 is 0. The Morgan fingerprint density at radius 1 is 0.684 bits per heavy atom. The van der Waals surface area contributed by atoms with Crippen molar-refractivity contribution >= 4 is 0 Å². The standard InChI is InChI=1S/2C8H11.2ClH.Hf/c2*1-6-4-5-7(2)8(6)3;;;/h2*4-5H,1-3H3;2*1H;/q2*-1;;;+4/p-2. The molecule has 19 heavy (non-hydrogen) atoms. The normalized spacial score (nSPS) is 8.32. The molecule has 0 spiro atoms. The van der Waals surface area contributed by atoms with Gasteiger partial charge < -0.3 is 24.8 Å². The van der Waals surface area contributed by atoms with E-state index >= 15 is 0 Å². The van der Waals surface area contributed by atoms with Gasteiger partial charge in [-0.1, -0.05) is 41.5 Å². The summed E-state index contributed by atoms with van der Waals surface area (Å²) in [7, 11) is 0. The van der Waals surface area contributed by atoms with Crippen LogP contribution in [-0.2, 0) is 25.8 Å². The number of hydrogen-bond donors (Lipinski definition) is 0. The van der Waals surface area contributed by atoms with Crippen molar-refractivity contribution in [1.82, 2.24) is 0 Å². The van der Waals surface area contributed by atoms with Gasteiger partial charge in [0.2, 0.25) is 0 Å². The van der Waals surface area contributed by atoms with Gasteiger partial charge in [0, 0.05) is 0 Å². The zero-order chi connectivity index (χ0) is 12.3. The molecule has 0 amide bonds. The largest absolute Gasteiger partial charge is 4.00 e. The van der Waals surface area contributed by atoms with E-state index < -0.39 is 0 Å². The summed E-state index contributed by atoms with van der Waals surface area (Å²) in [5.74, 6) is 0. The third kappa shape index (κ3) is 6.92. The maximum Gasteiger partial charge on any atom is 4.00 e. The molecule has 0 aliphatic heterocycles. The minimum absolute atomic E-state index is 0. The van der Waals surface area contributed by atoms with Crippen LogP contribution in [0.15, 0.2) is 24.3 Å². The van der Waals surface area contributed by atoms with Crippen LogP contribution in [0.25, 0.3) is 0 Å². The summed E-state index contributed by atoms with van der Waals surface area (Å²) in [5, 5.41) is 0. The minimum Gasteiger partial charge on any atom is -1.00 e. The third-order valence-corrected chi connectivity index (χ3v) is 3.53. The second-order valence-electron chi connectivity index (χ2n) is 4.65. The van der Waals surface area contributed by atoms with Gasteiger partial charge in [-0.3, -0.25) is 0 Å². The van der Waals surface area contributed by atoms with E-state index in [1.807, 2.05) is 0 Å². The predicted molar refractivity (Wildman–Crippen MR) is 72.5 cm³/mol. The first-order valence-electron chi connectivity index (χ1n) is 5.82. The molecule has 0 aliphatic rings. The Bertz CT molecular complexity index is 384. The molecule has 0 saturated carbocycles. The fraction of sp³-hybridized carbons (Fsp3) is 0.375. The molecule has 0 radical (unpaired) electrons. The molecule has 0 nitrogen and oxygen atoms in total. The molecule has 0 atom stereocenters. The molecule has 3 heteroatoms. The molecule has 2 aromatic carbocycles. The van der Waals surface area contributed by atoms with Gasteiger partial charge in [0.05, 0.1) is 0 Å². The van der Waals surface area contributed by atoms with Gasteiger partial charge in [-0.25, -0.2) is 12.1 Å². The van der Waals surface area contributed by atoms with Crippen molar-refractivity contribution in [1.29, 1.82) is 0 Å². The number of hydrogen-bond acceptors (Lipinski definition) is 0. The molecular weight excluding hydrogens is 442 g/mol. The van der Waals surface area contributed by atoms with E-state index in [4.69, 9.17) is 0 Å². The van der Waals surface area contributed by atoms with Gasteiger partial charge in [0.1, 0.15) is 0 Å². The maximum absolute atomic E-state index is 2.16. The van der Waals surface area contributed by atoms with E-state index in [0.717, 1.165) is 0 Å². The van der Waals surface area contributed by atoms with Crippen molar-refractivity contribution in [2.75, 3.05) is 0 Å². The van der Waals surface area contributed by atoms with E-state index in [2.05, 4.69) is 65.8 Å². The van der Waals surface area contributed by atoms with Crippen LogP contribution in [0.2, 0.25) is 0 Å². The van der Waals surface area contributed by atoms with E-state index in [-0.39, 0.29) is 50.7 Å². The molecule has 0 heterocycles. The summed E-state index contributed by atoms with van der Waals surface area (Å²) in [6, 6.07) is 8.63. The topological polar surface area (TPSA) is 0 Å². The monoisotopic (exact) mass is 464 g/mol. The Morgan fingerprint density at radius 2 is 0.947 bits per heavy atom. The van der Waals surface area contributed by atoms with E-state index in [1.165, 1.54) is 33.4 Å². The predicted octanol–water partition coefficient (Wildman–Crippen LogP) is -1.33. The number of aryl methyl sites for hydroxylation is 4. The Kier molecular flexibility index (Phi) is 13.9. The molecule has 0 N–H and O–H groups in total. The molecule has 104 valence electrons. The van der Waals surface area contributed by atoms with Gasteiger partial charge in [0.15, 0.2) is 0 Å². The SMILES string of the molecule is Cc1cc[c-](C)c1C.Cc1cc[c-](C)c1C.[Cl-].[Cl-].[Hf+4]. The van der Waals surface area contributed by atoms with Crippen molar-refractivity contribution in [2.24, 2.45) is 0 Å². The fourth-order valence-corrected chi connectivity index (χ4v) is 1.62. The molecule has 2 rings (SSSR count). The Hall–Kier alpha value is 0.150. The number of halogens is 2. The molecular formula is C16H22Cl2Hf. The average molecular weight is 464 g/mol. The van der Waals surface area contributed by atoms with Crippen LogP contribution >= 0.6 is 0 Å². The van der Waals surface area contributed by atoms with Crippen LogP contribution in [0.5, 0.6) is 0 Å². The van der Waals surface area contributed by atoms with Crippen LogP contribution in [0.4, 0.5) is 0 Å². The first-order chi connectivity index (χ1) is 7.43. The first kappa shape index (κ1) is 24.2. The molecule has 0 unspecified atom stereocenters. The second kappa shape index (κ2) is 10.9. The molecule has 0 saturated heterocycles. The van der Waals surface area contributed by atoms with Crippen molar-refractivity contribution < 1.29 is 50.7 Å². The van der Waals surface area contributed by atoms with Crippen molar-refractivity contribution in [2.45, 2.75) is 41.5 Å². The fourth-order valence-electron chi connectivity index (χ4n) is 1.62. The van der Waals surface area contributed by atoms with Crippen molar-refractivity contribution in [3.63, 3.8) is 0 Å². The minimum atomic E-state index is 0. The van der Waals surface area contributed by atoms with Crippen molar-refractivity contribution in [3.8, 4) is 0 Å².